The summed E-state index contributed by atoms with van der Waals surface area (Å²) >= 11 is 1.25. The Morgan fingerprint density at radius 1 is 1.14 bits per heavy atom. The van der Waals surface area contributed by atoms with Crippen molar-refractivity contribution in [3.8, 4) is 0 Å². The fourth-order valence-electron chi connectivity index (χ4n) is 1.66. The number of amides is 2. The Kier molecular flexibility index (Phi) is 4.49. The van der Waals surface area contributed by atoms with Crippen molar-refractivity contribution >= 4 is 38.8 Å². The molecule has 1 aromatic carbocycles. The predicted molar refractivity (Wildman–Crippen MR) is 84.2 cm³/mol. The summed E-state index contributed by atoms with van der Waals surface area (Å²) in [6.45, 7) is 1.97. The zero-order valence-electron chi connectivity index (χ0n) is 11.3. The Bertz CT molecular complexity index is 736. The van der Waals surface area contributed by atoms with E-state index in [0.717, 1.165) is 11.3 Å². The van der Waals surface area contributed by atoms with E-state index in [1.807, 2.05) is 6.92 Å². The van der Waals surface area contributed by atoms with Crippen LogP contribution >= 0.6 is 11.3 Å². The second-order valence-electron chi connectivity index (χ2n) is 4.25. The predicted octanol–water partition coefficient (Wildman–Crippen LogP) is 2.60. The number of primary amides is 1. The van der Waals surface area contributed by atoms with Gasteiger partial charge in [0.2, 0.25) is 0 Å². The molecule has 21 heavy (non-hydrogen) atoms. The van der Waals surface area contributed by atoms with E-state index in [2.05, 4.69) is 10.0 Å². The molecule has 6 nitrogen and oxygen atoms in total. The molecule has 0 aliphatic carbocycles. The van der Waals surface area contributed by atoms with Crippen LogP contribution in [-0.2, 0) is 16.4 Å². The maximum atomic E-state index is 12.2. The first-order valence-electron chi connectivity index (χ1n) is 6.19. The van der Waals surface area contributed by atoms with Gasteiger partial charge in [-0.15, -0.1) is 11.3 Å². The standard InChI is InChI=1S/C13H15N3O3S2/c1-2-11-7-8-12(20-11)21(18,19)16-10-5-3-9(4-6-10)15-13(14)17/h3-8,16H,2H2,1H3,(H3,14,15,17). The van der Waals surface area contributed by atoms with Crippen molar-refractivity contribution in [3.63, 3.8) is 0 Å². The van der Waals surface area contributed by atoms with Crippen LogP contribution in [0.1, 0.15) is 11.8 Å². The lowest BCUT2D eigenvalue weighted by atomic mass is 10.3. The number of hydrogen-bond acceptors (Lipinski definition) is 4. The lowest BCUT2D eigenvalue weighted by Gasteiger charge is -2.07. The number of urea groups is 1. The third-order valence-electron chi connectivity index (χ3n) is 2.65. The molecule has 0 spiro atoms. The number of hydrogen-bond donors (Lipinski definition) is 3. The van der Waals surface area contributed by atoms with E-state index in [4.69, 9.17) is 5.73 Å². The van der Waals surface area contributed by atoms with Crippen molar-refractivity contribution in [1.82, 2.24) is 0 Å². The van der Waals surface area contributed by atoms with Crippen molar-refractivity contribution in [2.24, 2.45) is 5.73 Å². The molecule has 1 heterocycles. The van der Waals surface area contributed by atoms with Crippen molar-refractivity contribution in [2.45, 2.75) is 17.6 Å². The second kappa shape index (κ2) is 6.15. The van der Waals surface area contributed by atoms with Crippen LogP contribution < -0.4 is 15.8 Å². The van der Waals surface area contributed by atoms with Gasteiger partial charge in [0.1, 0.15) is 4.21 Å². The first-order chi connectivity index (χ1) is 9.90. The Morgan fingerprint density at radius 3 is 2.29 bits per heavy atom. The molecule has 2 rings (SSSR count). The Labute approximate surface area is 127 Å². The summed E-state index contributed by atoms with van der Waals surface area (Å²) in [7, 11) is -3.58. The fourth-order valence-corrected chi connectivity index (χ4v) is 4.02. The van der Waals surface area contributed by atoms with Gasteiger partial charge >= 0.3 is 6.03 Å². The monoisotopic (exact) mass is 325 g/mol. The number of nitrogens with two attached hydrogens (primary N) is 1. The molecule has 0 unspecified atom stereocenters. The number of carbonyl (C=O) groups is 1. The summed E-state index contributed by atoms with van der Waals surface area (Å²) in [5, 5.41) is 2.40. The van der Waals surface area contributed by atoms with E-state index in [1.54, 1.807) is 36.4 Å². The molecule has 0 atom stereocenters. The third kappa shape index (κ3) is 3.96. The zero-order chi connectivity index (χ0) is 15.5. The van der Waals surface area contributed by atoms with Gasteiger partial charge in [-0.3, -0.25) is 4.72 Å². The number of benzene rings is 1. The summed E-state index contributed by atoms with van der Waals surface area (Å²) in [5.74, 6) is 0. The molecule has 112 valence electrons. The number of carbonyl (C=O) groups excluding carboxylic acids is 1. The van der Waals surface area contributed by atoms with Gasteiger partial charge in [-0.2, -0.15) is 0 Å². The molecule has 0 fully saturated rings. The van der Waals surface area contributed by atoms with Crippen molar-refractivity contribution in [3.05, 3.63) is 41.3 Å². The molecule has 2 amide bonds. The minimum Gasteiger partial charge on any atom is -0.351 e. The second-order valence-corrected chi connectivity index (χ2v) is 7.32. The van der Waals surface area contributed by atoms with Crippen LogP contribution in [0.25, 0.3) is 0 Å². The number of sulfonamides is 1. The van der Waals surface area contributed by atoms with Crippen LogP contribution in [0.5, 0.6) is 0 Å². The Morgan fingerprint density at radius 2 is 1.76 bits per heavy atom. The fraction of sp³-hybridized carbons (Fsp3) is 0.154. The molecule has 0 saturated carbocycles. The average molecular weight is 325 g/mol. The lowest BCUT2D eigenvalue weighted by molar-refractivity contribution is 0.259. The summed E-state index contributed by atoms with van der Waals surface area (Å²) in [6, 6.07) is 8.96. The van der Waals surface area contributed by atoms with Gasteiger partial charge in [0.15, 0.2) is 0 Å². The van der Waals surface area contributed by atoms with E-state index >= 15 is 0 Å². The molecule has 4 N–H and O–H groups in total. The Hall–Kier alpha value is -2.06. The average Bonchev–Trinajstić information content (AvgIpc) is 2.90. The zero-order valence-corrected chi connectivity index (χ0v) is 12.9. The van der Waals surface area contributed by atoms with E-state index in [-0.39, 0.29) is 4.21 Å². The minimum atomic E-state index is -3.58. The van der Waals surface area contributed by atoms with Gasteiger partial charge in [-0.05, 0) is 42.8 Å². The normalized spacial score (nSPS) is 11.1. The largest absolute Gasteiger partial charge is 0.351 e. The molecule has 0 aliphatic rings. The van der Waals surface area contributed by atoms with E-state index in [0.29, 0.717) is 11.4 Å². The first kappa shape index (κ1) is 15.3. The molecular formula is C13H15N3O3S2. The van der Waals surface area contributed by atoms with Crippen LogP contribution in [0, 0.1) is 0 Å². The highest BCUT2D eigenvalue weighted by atomic mass is 32.2. The van der Waals surface area contributed by atoms with Crippen molar-refractivity contribution < 1.29 is 13.2 Å². The van der Waals surface area contributed by atoms with Gasteiger partial charge in [0, 0.05) is 16.3 Å². The minimum absolute atomic E-state index is 0.277. The molecule has 0 radical (unpaired) electrons. The quantitative estimate of drug-likeness (QED) is 0.787. The van der Waals surface area contributed by atoms with Gasteiger partial charge in [0.25, 0.3) is 10.0 Å². The van der Waals surface area contributed by atoms with Gasteiger partial charge in [-0.1, -0.05) is 6.92 Å². The van der Waals surface area contributed by atoms with E-state index in [1.165, 1.54) is 11.3 Å². The molecule has 8 heteroatoms. The summed E-state index contributed by atoms with van der Waals surface area (Å²) in [6.07, 6.45) is 0.799. The van der Waals surface area contributed by atoms with Crippen LogP contribution in [0.15, 0.2) is 40.6 Å². The van der Waals surface area contributed by atoms with Crippen LogP contribution in [-0.4, -0.2) is 14.4 Å². The van der Waals surface area contributed by atoms with Crippen LogP contribution in [0.2, 0.25) is 0 Å². The molecule has 0 bridgehead atoms. The van der Waals surface area contributed by atoms with Crippen molar-refractivity contribution in [2.75, 3.05) is 10.0 Å². The molecule has 0 saturated heterocycles. The first-order valence-corrected chi connectivity index (χ1v) is 8.49. The number of rotatable bonds is 5. The highest BCUT2D eigenvalue weighted by molar-refractivity contribution is 7.94. The SMILES string of the molecule is CCc1ccc(S(=O)(=O)Nc2ccc(NC(N)=O)cc2)s1. The summed E-state index contributed by atoms with van der Waals surface area (Å²) < 4.78 is 27.2. The number of thiophene rings is 1. The van der Waals surface area contributed by atoms with Crippen LogP contribution in [0.3, 0.4) is 0 Å². The highest BCUT2D eigenvalue weighted by Gasteiger charge is 2.16. The highest BCUT2D eigenvalue weighted by Crippen LogP contribution is 2.24. The maximum absolute atomic E-state index is 12.2. The van der Waals surface area contributed by atoms with Gasteiger partial charge < -0.3 is 11.1 Å². The molecule has 0 aliphatic heterocycles. The topological polar surface area (TPSA) is 101 Å². The lowest BCUT2D eigenvalue weighted by Crippen LogP contribution is -2.19. The van der Waals surface area contributed by atoms with Gasteiger partial charge in [0.05, 0.1) is 0 Å². The number of nitrogens with one attached hydrogen (secondary N) is 2. The van der Waals surface area contributed by atoms with Gasteiger partial charge in [-0.25, -0.2) is 13.2 Å². The third-order valence-corrected chi connectivity index (χ3v) is 5.76. The molecular weight excluding hydrogens is 310 g/mol. The number of anilines is 2. The number of aryl methyl sites for hydroxylation is 1. The van der Waals surface area contributed by atoms with Crippen LogP contribution in [0.4, 0.5) is 16.2 Å². The van der Waals surface area contributed by atoms with Crippen molar-refractivity contribution in [1.29, 1.82) is 0 Å². The Balaban J connectivity index is 2.14. The van der Waals surface area contributed by atoms with E-state index < -0.39 is 16.1 Å². The van der Waals surface area contributed by atoms with E-state index in [9.17, 15) is 13.2 Å². The summed E-state index contributed by atoms with van der Waals surface area (Å²) in [4.78, 5) is 11.7. The summed E-state index contributed by atoms with van der Waals surface area (Å²) in [5.41, 5.74) is 5.90. The maximum Gasteiger partial charge on any atom is 0.316 e. The molecule has 1 aromatic heterocycles. The molecule has 2 aromatic rings. The smallest absolute Gasteiger partial charge is 0.316 e.